The number of methoxy groups -OCH3 is 1. The Balaban J connectivity index is 2.31. The summed E-state index contributed by atoms with van der Waals surface area (Å²) in [5, 5.41) is 8.04. The summed E-state index contributed by atoms with van der Waals surface area (Å²) in [6, 6.07) is 5.56. The van der Waals surface area contributed by atoms with Gasteiger partial charge in [-0.05, 0) is 18.2 Å². The summed E-state index contributed by atoms with van der Waals surface area (Å²) in [6.07, 6.45) is 0. The zero-order valence-electron chi connectivity index (χ0n) is 8.86. The van der Waals surface area contributed by atoms with Crippen LogP contribution in [0, 0.1) is 0 Å². The van der Waals surface area contributed by atoms with Crippen LogP contribution in [0.25, 0.3) is 10.9 Å². The molecule has 0 saturated heterocycles. The van der Waals surface area contributed by atoms with Crippen molar-refractivity contribution in [2.75, 3.05) is 13.7 Å². The molecule has 0 fully saturated rings. The lowest BCUT2D eigenvalue weighted by Crippen LogP contribution is -2.35. The van der Waals surface area contributed by atoms with Crippen LogP contribution in [0.1, 0.15) is 10.5 Å². The number of hydrogen-bond acceptors (Lipinski definition) is 3. The third kappa shape index (κ3) is 1.18. The minimum absolute atomic E-state index is 0.0676. The highest BCUT2D eigenvalue weighted by molar-refractivity contribution is 6.05. The summed E-state index contributed by atoms with van der Waals surface area (Å²) in [4.78, 5) is 11.7. The number of nitrogens with one attached hydrogen (secondary N) is 1. The molecule has 1 N–H and O–H groups in total. The van der Waals surface area contributed by atoms with Crippen LogP contribution in [-0.4, -0.2) is 29.3 Å². The lowest BCUT2D eigenvalue weighted by molar-refractivity contribution is 0.0926. The van der Waals surface area contributed by atoms with E-state index >= 15 is 0 Å². The van der Waals surface area contributed by atoms with Crippen molar-refractivity contribution in [2.24, 2.45) is 0 Å². The van der Waals surface area contributed by atoms with Crippen molar-refractivity contribution in [1.29, 1.82) is 0 Å². The van der Waals surface area contributed by atoms with E-state index in [1.54, 1.807) is 11.8 Å². The van der Waals surface area contributed by atoms with Gasteiger partial charge in [0.1, 0.15) is 11.4 Å². The molecule has 1 aliphatic rings. The van der Waals surface area contributed by atoms with Crippen molar-refractivity contribution in [3.8, 4) is 5.75 Å². The Morgan fingerprint density at radius 2 is 2.38 bits per heavy atom. The number of nitrogens with zero attached hydrogens (tertiary/aromatic N) is 2. The lowest BCUT2D eigenvalue weighted by Gasteiger charge is -2.13. The number of ether oxygens (including phenoxy) is 1. The second-order valence-corrected chi connectivity index (χ2v) is 3.71. The Bertz CT molecular complexity index is 574. The van der Waals surface area contributed by atoms with E-state index in [2.05, 4.69) is 10.4 Å². The molecule has 0 aliphatic carbocycles. The molecule has 0 radical (unpaired) electrons. The molecule has 3 rings (SSSR count). The molecule has 1 amide bonds. The predicted octanol–water partition coefficient (Wildman–Crippen LogP) is 0.788. The highest BCUT2D eigenvalue weighted by atomic mass is 16.5. The minimum atomic E-state index is -0.0676. The van der Waals surface area contributed by atoms with E-state index in [1.165, 1.54) is 0 Å². The topological polar surface area (TPSA) is 56.2 Å². The van der Waals surface area contributed by atoms with Crippen LogP contribution >= 0.6 is 0 Å². The van der Waals surface area contributed by atoms with Gasteiger partial charge in [0.2, 0.25) is 0 Å². The van der Waals surface area contributed by atoms with Gasteiger partial charge in [-0.2, -0.15) is 5.10 Å². The molecule has 2 heterocycles. The number of carbonyl (C=O) groups is 1. The predicted molar refractivity (Wildman–Crippen MR) is 58.6 cm³/mol. The summed E-state index contributed by atoms with van der Waals surface area (Å²) in [7, 11) is 1.61. The Morgan fingerprint density at radius 1 is 1.50 bits per heavy atom. The Kier molecular flexibility index (Phi) is 1.86. The monoisotopic (exact) mass is 217 g/mol. The SMILES string of the molecule is COc1ccc2nn3c(c2c1)C(=O)NCC3. The van der Waals surface area contributed by atoms with Crippen LogP contribution in [-0.2, 0) is 6.54 Å². The molecule has 1 aromatic heterocycles. The number of hydrogen-bond donors (Lipinski definition) is 1. The van der Waals surface area contributed by atoms with Crippen molar-refractivity contribution in [2.45, 2.75) is 6.54 Å². The van der Waals surface area contributed by atoms with Gasteiger partial charge in [-0.25, -0.2) is 0 Å². The average Bonchev–Trinajstić information content (AvgIpc) is 2.67. The van der Waals surface area contributed by atoms with E-state index in [-0.39, 0.29) is 5.91 Å². The van der Waals surface area contributed by atoms with E-state index in [4.69, 9.17) is 4.74 Å². The normalized spacial score (nSPS) is 14.7. The maximum Gasteiger partial charge on any atom is 0.270 e. The molecule has 16 heavy (non-hydrogen) atoms. The molecule has 1 aliphatic heterocycles. The smallest absolute Gasteiger partial charge is 0.270 e. The third-order valence-electron chi connectivity index (χ3n) is 2.77. The number of carbonyl (C=O) groups excluding carboxylic acids is 1. The maximum atomic E-state index is 11.7. The van der Waals surface area contributed by atoms with Crippen molar-refractivity contribution in [3.05, 3.63) is 23.9 Å². The molecular weight excluding hydrogens is 206 g/mol. The van der Waals surface area contributed by atoms with E-state index in [9.17, 15) is 4.79 Å². The van der Waals surface area contributed by atoms with E-state index in [0.717, 1.165) is 23.2 Å². The van der Waals surface area contributed by atoms with Crippen LogP contribution in [0.15, 0.2) is 18.2 Å². The van der Waals surface area contributed by atoms with E-state index < -0.39 is 0 Å². The molecule has 5 heteroatoms. The largest absolute Gasteiger partial charge is 0.497 e. The molecule has 0 atom stereocenters. The van der Waals surface area contributed by atoms with Crippen molar-refractivity contribution < 1.29 is 9.53 Å². The molecule has 0 bridgehead atoms. The quantitative estimate of drug-likeness (QED) is 0.768. The van der Waals surface area contributed by atoms with Crippen molar-refractivity contribution in [1.82, 2.24) is 15.1 Å². The second-order valence-electron chi connectivity index (χ2n) is 3.71. The minimum Gasteiger partial charge on any atom is -0.497 e. The summed E-state index contributed by atoms with van der Waals surface area (Å²) in [6.45, 7) is 1.36. The van der Waals surface area contributed by atoms with Crippen LogP contribution in [0.2, 0.25) is 0 Å². The first-order valence-corrected chi connectivity index (χ1v) is 5.12. The third-order valence-corrected chi connectivity index (χ3v) is 2.77. The summed E-state index contributed by atoms with van der Waals surface area (Å²) < 4.78 is 6.90. The molecule has 0 unspecified atom stereocenters. The Hall–Kier alpha value is -2.04. The second kappa shape index (κ2) is 3.23. The van der Waals surface area contributed by atoms with Gasteiger partial charge in [0.25, 0.3) is 5.91 Å². The van der Waals surface area contributed by atoms with Gasteiger partial charge >= 0.3 is 0 Å². The molecular formula is C11H11N3O2. The van der Waals surface area contributed by atoms with Crippen molar-refractivity contribution >= 4 is 16.8 Å². The number of benzene rings is 1. The number of aromatic nitrogens is 2. The van der Waals surface area contributed by atoms with Gasteiger partial charge in [-0.15, -0.1) is 0 Å². The summed E-state index contributed by atoms with van der Waals surface area (Å²) >= 11 is 0. The first kappa shape index (κ1) is 9.21. The van der Waals surface area contributed by atoms with Gasteiger partial charge < -0.3 is 10.1 Å². The lowest BCUT2D eigenvalue weighted by atomic mass is 10.2. The fourth-order valence-corrected chi connectivity index (χ4v) is 2.00. The molecule has 5 nitrogen and oxygen atoms in total. The Labute approximate surface area is 92.0 Å². The molecule has 0 saturated carbocycles. The van der Waals surface area contributed by atoms with Crippen LogP contribution in [0.5, 0.6) is 5.75 Å². The Morgan fingerprint density at radius 3 is 3.19 bits per heavy atom. The highest BCUT2D eigenvalue weighted by Crippen LogP contribution is 2.24. The summed E-state index contributed by atoms with van der Waals surface area (Å²) in [5.74, 6) is 0.670. The number of fused-ring (bicyclic) bond motifs is 3. The highest BCUT2D eigenvalue weighted by Gasteiger charge is 2.21. The van der Waals surface area contributed by atoms with E-state index in [1.807, 2.05) is 18.2 Å². The first-order valence-electron chi connectivity index (χ1n) is 5.12. The first-order chi connectivity index (χ1) is 7.79. The molecule has 82 valence electrons. The molecule has 0 spiro atoms. The average molecular weight is 217 g/mol. The maximum absolute atomic E-state index is 11.7. The van der Waals surface area contributed by atoms with Crippen LogP contribution in [0.3, 0.4) is 0 Å². The van der Waals surface area contributed by atoms with Crippen molar-refractivity contribution in [3.63, 3.8) is 0 Å². The number of rotatable bonds is 1. The fraction of sp³-hybridized carbons (Fsp3) is 0.273. The summed E-state index contributed by atoms with van der Waals surface area (Å²) in [5.41, 5.74) is 1.45. The molecule has 2 aromatic rings. The standard InChI is InChI=1S/C11H11N3O2/c1-16-7-2-3-9-8(6-7)10-11(15)12-4-5-14(10)13-9/h2-3,6H,4-5H2,1H3,(H,12,15). The van der Waals surface area contributed by atoms with Gasteiger partial charge in [-0.1, -0.05) is 0 Å². The molecule has 1 aromatic carbocycles. The van der Waals surface area contributed by atoms with Crippen LogP contribution in [0.4, 0.5) is 0 Å². The van der Waals surface area contributed by atoms with Crippen LogP contribution < -0.4 is 10.1 Å². The number of amides is 1. The van der Waals surface area contributed by atoms with Gasteiger partial charge in [0.05, 0.1) is 19.2 Å². The van der Waals surface area contributed by atoms with E-state index in [0.29, 0.717) is 12.2 Å². The zero-order chi connectivity index (χ0) is 11.1. The van der Waals surface area contributed by atoms with Gasteiger partial charge in [0.15, 0.2) is 0 Å². The van der Waals surface area contributed by atoms with Gasteiger partial charge in [-0.3, -0.25) is 9.48 Å². The fourth-order valence-electron chi connectivity index (χ4n) is 2.00. The van der Waals surface area contributed by atoms with Gasteiger partial charge in [0, 0.05) is 11.9 Å². The zero-order valence-corrected chi connectivity index (χ0v) is 8.86.